The molecule has 0 atom stereocenters. The molecular weight excluding hydrogens is 202 g/mol. The summed E-state index contributed by atoms with van der Waals surface area (Å²) in [5.74, 6) is -0.426. The van der Waals surface area contributed by atoms with E-state index in [1.54, 1.807) is 0 Å². The molecule has 3 heterocycles. The minimum Gasteiger partial charge on any atom is -0.476 e. The summed E-state index contributed by atoms with van der Waals surface area (Å²) in [6, 6.07) is 0. The van der Waals surface area contributed by atoms with Gasteiger partial charge >= 0.3 is 5.97 Å². The van der Waals surface area contributed by atoms with Gasteiger partial charge < -0.3 is 19.4 Å². The van der Waals surface area contributed by atoms with Gasteiger partial charge in [-0.3, -0.25) is 0 Å². The lowest BCUT2D eigenvalue weighted by Crippen LogP contribution is -2.10. The number of rotatable bonds is 1. The molecule has 76 valence electrons. The molecule has 0 aromatic carbocycles. The third-order valence-corrected chi connectivity index (χ3v) is 2.17. The average Bonchev–Trinajstić information content (AvgIpc) is 2.82. The first-order chi connectivity index (χ1) is 7.27. The van der Waals surface area contributed by atoms with Crippen LogP contribution in [0.1, 0.15) is 16.2 Å². The summed E-state index contributed by atoms with van der Waals surface area (Å²) < 4.78 is 10.0. The van der Waals surface area contributed by atoms with Gasteiger partial charge in [0.2, 0.25) is 11.5 Å². The summed E-state index contributed by atoms with van der Waals surface area (Å²) in [6.45, 7) is 0.403. The number of carboxylic acid groups (broad SMARTS) is 1. The van der Waals surface area contributed by atoms with E-state index in [1.165, 1.54) is 6.39 Å². The third-order valence-electron chi connectivity index (χ3n) is 2.17. The molecule has 0 aliphatic carbocycles. The Morgan fingerprint density at radius 3 is 3.20 bits per heavy atom. The Morgan fingerprint density at radius 2 is 2.40 bits per heavy atom. The minimum absolute atomic E-state index is 0.146. The number of hydrogen-bond donors (Lipinski definition) is 2. The number of nitrogens with zero attached hydrogens (tertiary/aromatic N) is 2. The fourth-order valence-corrected chi connectivity index (χ4v) is 1.51. The fraction of sp³-hybridized carbons (Fsp3) is 0.125. The zero-order valence-electron chi connectivity index (χ0n) is 7.35. The average molecular weight is 207 g/mol. The molecule has 0 saturated carbocycles. The molecule has 0 bridgehead atoms. The van der Waals surface area contributed by atoms with Crippen molar-refractivity contribution in [3.8, 4) is 11.5 Å². The van der Waals surface area contributed by atoms with Crippen molar-refractivity contribution in [2.45, 2.75) is 6.54 Å². The number of hydrogen-bond acceptors (Lipinski definition) is 6. The van der Waals surface area contributed by atoms with E-state index in [9.17, 15) is 4.79 Å². The second-order valence-corrected chi connectivity index (χ2v) is 3.02. The van der Waals surface area contributed by atoms with E-state index >= 15 is 0 Å². The second kappa shape index (κ2) is 2.59. The maximum atomic E-state index is 10.8. The first-order valence-corrected chi connectivity index (χ1v) is 4.17. The molecule has 2 aromatic rings. The van der Waals surface area contributed by atoms with E-state index in [2.05, 4.69) is 15.5 Å². The third kappa shape index (κ3) is 0.967. The monoisotopic (exact) mass is 207 g/mol. The summed E-state index contributed by atoms with van der Waals surface area (Å²) in [7, 11) is 0. The fourth-order valence-electron chi connectivity index (χ4n) is 1.51. The van der Waals surface area contributed by atoms with E-state index in [-0.39, 0.29) is 11.5 Å². The van der Waals surface area contributed by atoms with Crippen LogP contribution in [-0.4, -0.2) is 21.2 Å². The van der Waals surface area contributed by atoms with Crippen molar-refractivity contribution < 1.29 is 18.8 Å². The molecule has 2 aromatic heterocycles. The maximum Gasteiger partial charge on any atom is 0.360 e. The van der Waals surface area contributed by atoms with Crippen LogP contribution in [0.15, 0.2) is 15.3 Å². The number of aromatic nitrogens is 2. The number of carbonyl (C=O) groups is 1. The van der Waals surface area contributed by atoms with Crippen LogP contribution in [-0.2, 0) is 6.54 Å². The van der Waals surface area contributed by atoms with Gasteiger partial charge in [0.05, 0.1) is 6.54 Å². The number of carboxylic acids is 1. The zero-order chi connectivity index (χ0) is 10.4. The van der Waals surface area contributed by atoms with Crippen molar-refractivity contribution in [2.24, 2.45) is 0 Å². The Hall–Kier alpha value is -2.31. The predicted octanol–water partition coefficient (Wildman–Crippen LogP) is 0.953. The number of aromatic carboxylic acids is 1. The normalized spacial score (nSPS) is 12.8. The first-order valence-electron chi connectivity index (χ1n) is 4.17. The van der Waals surface area contributed by atoms with Crippen LogP contribution in [0.4, 0.5) is 5.69 Å². The molecule has 0 saturated heterocycles. The Kier molecular flexibility index (Phi) is 1.39. The molecule has 0 spiro atoms. The highest BCUT2D eigenvalue weighted by molar-refractivity contribution is 5.96. The van der Waals surface area contributed by atoms with Crippen LogP contribution in [0.25, 0.3) is 11.5 Å². The Bertz CT molecular complexity index is 542. The van der Waals surface area contributed by atoms with Crippen molar-refractivity contribution in [1.29, 1.82) is 0 Å². The Morgan fingerprint density at radius 1 is 1.53 bits per heavy atom. The van der Waals surface area contributed by atoms with Gasteiger partial charge in [-0.05, 0) is 0 Å². The summed E-state index contributed by atoms with van der Waals surface area (Å²) in [6.07, 6.45) is 1.28. The smallest absolute Gasteiger partial charge is 0.360 e. The second-order valence-electron chi connectivity index (χ2n) is 3.02. The molecular formula is C8H5N3O4. The summed E-state index contributed by atoms with van der Waals surface area (Å²) >= 11 is 0. The molecule has 7 heteroatoms. The summed E-state index contributed by atoms with van der Waals surface area (Å²) in [5, 5.41) is 15.1. The maximum absolute atomic E-state index is 10.8. The number of anilines is 1. The summed E-state index contributed by atoms with van der Waals surface area (Å²) in [5.41, 5.74) is 0.870. The SMILES string of the molecule is O=C(O)c1noc2c1NCc1ncoc1-2. The Balaban J connectivity index is 2.23. The van der Waals surface area contributed by atoms with Gasteiger partial charge in [-0.25, -0.2) is 9.78 Å². The largest absolute Gasteiger partial charge is 0.476 e. The van der Waals surface area contributed by atoms with Gasteiger partial charge in [0, 0.05) is 0 Å². The van der Waals surface area contributed by atoms with Crippen LogP contribution in [0.3, 0.4) is 0 Å². The quantitative estimate of drug-likeness (QED) is 0.717. The summed E-state index contributed by atoms with van der Waals surface area (Å²) in [4.78, 5) is 14.7. The van der Waals surface area contributed by atoms with Crippen molar-refractivity contribution in [3.05, 3.63) is 17.8 Å². The lowest BCUT2D eigenvalue weighted by Gasteiger charge is -2.09. The highest BCUT2D eigenvalue weighted by Crippen LogP contribution is 2.37. The molecule has 0 unspecified atom stereocenters. The van der Waals surface area contributed by atoms with Crippen LogP contribution >= 0.6 is 0 Å². The molecule has 3 rings (SSSR count). The van der Waals surface area contributed by atoms with Crippen molar-refractivity contribution in [3.63, 3.8) is 0 Å². The van der Waals surface area contributed by atoms with E-state index in [0.717, 1.165) is 0 Å². The molecule has 7 nitrogen and oxygen atoms in total. The molecule has 1 aliphatic rings. The molecule has 2 N–H and O–H groups in total. The Labute approximate surface area is 82.7 Å². The van der Waals surface area contributed by atoms with Gasteiger partial charge in [-0.2, -0.15) is 0 Å². The highest BCUT2D eigenvalue weighted by Gasteiger charge is 2.30. The lowest BCUT2D eigenvalue weighted by atomic mass is 10.1. The van der Waals surface area contributed by atoms with Gasteiger partial charge in [0.1, 0.15) is 11.4 Å². The van der Waals surface area contributed by atoms with Crippen LogP contribution in [0.2, 0.25) is 0 Å². The number of nitrogens with one attached hydrogen (secondary N) is 1. The van der Waals surface area contributed by atoms with Crippen LogP contribution in [0.5, 0.6) is 0 Å². The van der Waals surface area contributed by atoms with Gasteiger partial charge in [0.25, 0.3) is 0 Å². The lowest BCUT2D eigenvalue weighted by molar-refractivity contribution is 0.0686. The predicted molar refractivity (Wildman–Crippen MR) is 46.3 cm³/mol. The van der Waals surface area contributed by atoms with E-state index in [4.69, 9.17) is 14.0 Å². The van der Waals surface area contributed by atoms with Crippen molar-refractivity contribution >= 4 is 11.7 Å². The van der Waals surface area contributed by atoms with E-state index in [1.807, 2.05) is 0 Å². The zero-order valence-corrected chi connectivity index (χ0v) is 7.35. The van der Waals surface area contributed by atoms with Crippen LogP contribution in [0, 0.1) is 0 Å². The first kappa shape index (κ1) is 8.04. The standard InChI is InChI=1S/C8H5N3O4/c12-8(13)5-4-7(15-11-5)6-3(1-9-4)10-2-14-6/h2,9H,1H2,(H,12,13). The topological polar surface area (TPSA) is 101 Å². The van der Waals surface area contributed by atoms with Gasteiger partial charge in [-0.15, -0.1) is 0 Å². The number of fused-ring (bicyclic) bond motifs is 3. The van der Waals surface area contributed by atoms with Gasteiger partial charge in [0.15, 0.2) is 12.2 Å². The van der Waals surface area contributed by atoms with Crippen LogP contribution < -0.4 is 5.32 Å². The van der Waals surface area contributed by atoms with E-state index < -0.39 is 5.97 Å². The van der Waals surface area contributed by atoms with E-state index in [0.29, 0.717) is 23.7 Å². The van der Waals surface area contributed by atoms with Crippen molar-refractivity contribution in [1.82, 2.24) is 10.1 Å². The molecule has 0 amide bonds. The number of oxazole rings is 1. The molecule has 15 heavy (non-hydrogen) atoms. The molecule has 1 aliphatic heterocycles. The molecule has 0 radical (unpaired) electrons. The minimum atomic E-state index is -1.14. The van der Waals surface area contributed by atoms with Crippen molar-refractivity contribution in [2.75, 3.05) is 5.32 Å². The highest BCUT2D eigenvalue weighted by atomic mass is 16.5. The van der Waals surface area contributed by atoms with Gasteiger partial charge in [-0.1, -0.05) is 5.16 Å². The molecule has 0 fully saturated rings.